The maximum atomic E-state index is 14.0. The van der Waals surface area contributed by atoms with Crippen LogP contribution in [0.25, 0.3) is 6.08 Å². The summed E-state index contributed by atoms with van der Waals surface area (Å²) >= 11 is 0. The number of nitrogens with zero attached hydrogens (tertiary/aromatic N) is 2. The van der Waals surface area contributed by atoms with E-state index in [1.54, 1.807) is 29.2 Å². The lowest BCUT2D eigenvalue weighted by molar-refractivity contribution is -0.143. The van der Waals surface area contributed by atoms with Crippen molar-refractivity contribution in [2.24, 2.45) is 0 Å². The van der Waals surface area contributed by atoms with Crippen LogP contribution in [-0.2, 0) is 20.8 Å². The highest BCUT2D eigenvalue weighted by Gasteiger charge is 2.27. The molecule has 2 aromatic rings. The monoisotopic (exact) mass is 441 g/mol. The number of hydrogen-bond donors (Lipinski definition) is 1. The molecule has 1 fully saturated rings. The van der Waals surface area contributed by atoms with Crippen LogP contribution in [0.5, 0.6) is 5.75 Å². The molecule has 2 amide bonds. The second-order valence-corrected chi connectivity index (χ2v) is 7.57. The number of benzene rings is 2. The van der Waals surface area contributed by atoms with Gasteiger partial charge in [-0.3, -0.25) is 14.4 Å². The van der Waals surface area contributed by atoms with Crippen LogP contribution in [0.3, 0.4) is 0 Å². The van der Waals surface area contributed by atoms with E-state index >= 15 is 0 Å². The van der Waals surface area contributed by atoms with E-state index in [2.05, 4.69) is 5.32 Å². The molecular formula is C23H21F2N3O4. The van der Waals surface area contributed by atoms with Gasteiger partial charge in [0, 0.05) is 56.1 Å². The van der Waals surface area contributed by atoms with Gasteiger partial charge in [0.05, 0.1) is 7.11 Å². The average molecular weight is 441 g/mol. The number of amides is 2. The maximum Gasteiger partial charge on any atom is 0.313 e. The predicted octanol–water partition coefficient (Wildman–Crippen LogP) is 2.40. The summed E-state index contributed by atoms with van der Waals surface area (Å²) < 4.78 is 32.6. The van der Waals surface area contributed by atoms with E-state index in [9.17, 15) is 23.2 Å². The van der Waals surface area contributed by atoms with Gasteiger partial charge in [-0.25, -0.2) is 8.78 Å². The number of halogens is 2. The van der Waals surface area contributed by atoms with E-state index in [4.69, 9.17) is 4.74 Å². The van der Waals surface area contributed by atoms with Gasteiger partial charge in [-0.05, 0) is 29.3 Å². The van der Waals surface area contributed by atoms with Crippen LogP contribution in [0.2, 0.25) is 0 Å². The fourth-order valence-electron chi connectivity index (χ4n) is 3.84. The molecule has 2 aromatic carbocycles. The van der Waals surface area contributed by atoms with Crippen molar-refractivity contribution in [3.63, 3.8) is 0 Å². The molecule has 0 aromatic heterocycles. The predicted molar refractivity (Wildman–Crippen MR) is 115 cm³/mol. The lowest BCUT2D eigenvalue weighted by Crippen LogP contribution is -2.51. The zero-order valence-electron chi connectivity index (χ0n) is 17.4. The normalized spacial score (nSPS) is 15.4. The Morgan fingerprint density at radius 1 is 1.00 bits per heavy atom. The minimum absolute atomic E-state index is 0.0173. The number of ether oxygens (including phenoxy) is 1. The highest BCUT2D eigenvalue weighted by molar-refractivity contribution is 6.39. The Bertz CT molecular complexity index is 1100. The van der Waals surface area contributed by atoms with Gasteiger partial charge in [-0.2, -0.15) is 0 Å². The number of nitrogens with one attached hydrogen (secondary N) is 1. The van der Waals surface area contributed by atoms with Gasteiger partial charge in [-0.15, -0.1) is 0 Å². The lowest BCUT2D eigenvalue weighted by atomic mass is 9.96. The Morgan fingerprint density at radius 3 is 2.34 bits per heavy atom. The Morgan fingerprint density at radius 2 is 1.69 bits per heavy atom. The van der Waals surface area contributed by atoms with Crippen LogP contribution in [0, 0.1) is 11.6 Å². The largest absolute Gasteiger partial charge is 0.491 e. The third kappa shape index (κ3) is 4.32. The summed E-state index contributed by atoms with van der Waals surface area (Å²) in [6.07, 6.45) is 3.48. The Kier molecular flexibility index (Phi) is 5.89. The molecule has 0 spiro atoms. The Hall–Kier alpha value is -3.75. The SMILES string of the molecule is COc1c(F)cc(N2CCN(C(=O)C(=O)Nc3ccc4c(c3)C=CC(=O)C4)CC2)cc1F. The molecule has 9 heteroatoms. The van der Waals surface area contributed by atoms with Gasteiger partial charge < -0.3 is 19.9 Å². The van der Waals surface area contributed by atoms with Gasteiger partial charge in [0.2, 0.25) is 0 Å². The highest BCUT2D eigenvalue weighted by Crippen LogP contribution is 2.28. The van der Waals surface area contributed by atoms with Crippen molar-refractivity contribution in [1.29, 1.82) is 0 Å². The van der Waals surface area contributed by atoms with Crippen molar-refractivity contribution in [2.75, 3.05) is 43.5 Å². The molecule has 32 heavy (non-hydrogen) atoms. The van der Waals surface area contributed by atoms with E-state index in [0.29, 0.717) is 30.9 Å². The smallest absolute Gasteiger partial charge is 0.313 e. The van der Waals surface area contributed by atoms with E-state index in [0.717, 1.165) is 11.1 Å². The van der Waals surface area contributed by atoms with Crippen molar-refractivity contribution in [2.45, 2.75) is 6.42 Å². The minimum atomic E-state index is -0.801. The van der Waals surface area contributed by atoms with Crippen LogP contribution in [0.1, 0.15) is 11.1 Å². The van der Waals surface area contributed by atoms with Gasteiger partial charge >= 0.3 is 11.8 Å². The zero-order chi connectivity index (χ0) is 22.8. The molecular weight excluding hydrogens is 420 g/mol. The number of ketones is 1. The summed E-state index contributed by atoms with van der Waals surface area (Å²) in [6.45, 7) is 1.11. The molecule has 0 atom stereocenters. The summed E-state index contributed by atoms with van der Waals surface area (Å²) in [5, 5.41) is 2.60. The first-order valence-corrected chi connectivity index (χ1v) is 10.1. The molecule has 4 rings (SSSR count). The highest BCUT2D eigenvalue weighted by atomic mass is 19.1. The first-order chi connectivity index (χ1) is 15.4. The van der Waals surface area contributed by atoms with Crippen LogP contribution in [0.4, 0.5) is 20.2 Å². The molecule has 166 valence electrons. The maximum absolute atomic E-state index is 14.0. The lowest BCUT2D eigenvalue weighted by Gasteiger charge is -2.35. The number of methoxy groups -OCH3 is 1. The van der Waals surface area contributed by atoms with E-state index in [1.165, 1.54) is 30.2 Å². The molecule has 1 N–H and O–H groups in total. The number of fused-ring (bicyclic) bond motifs is 1. The minimum Gasteiger partial charge on any atom is -0.491 e. The van der Waals surface area contributed by atoms with E-state index in [1.807, 2.05) is 0 Å². The number of carbonyl (C=O) groups is 3. The van der Waals surface area contributed by atoms with Gasteiger partial charge in [-0.1, -0.05) is 12.1 Å². The molecule has 0 radical (unpaired) electrons. The summed E-state index contributed by atoms with van der Waals surface area (Å²) in [6, 6.07) is 7.49. The van der Waals surface area contributed by atoms with Crippen LogP contribution < -0.4 is 15.0 Å². The van der Waals surface area contributed by atoms with Crippen LogP contribution >= 0.6 is 0 Å². The molecule has 2 aliphatic rings. The van der Waals surface area contributed by atoms with Crippen molar-refractivity contribution in [3.05, 3.63) is 59.2 Å². The Balaban J connectivity index is 1.36. The topological polar surface area (TPSA) is 79.0 Å². The van der Waals surface area contributed by atoms with Gasteiger partial charge in [0.25, 0.3) is 0 Å². The number of carbonyl (C=O) groups excluding carboxylic acids is 3. The molecule has 1 saturated heterocycles. The summed E-state index contributed by atoms with van der Waals surface area (Å²) in [5.74, 6) is -3.47. The Labute approximate surface area is 183 Å². The second kappa shape index (κ2) is 8.78. The fraction of sp³-hybridized carbons (Fsp3) is 0.261. The van der Waals surface area contributed by atoms with Crippen molar-refractivity contribution in [3.8, 4) is 5.75 Å². The summed E-state index contributed by atoms with van der Waals surface area (Å²) in [7, 11) is 1.19. The van der Waals surface area contributed by atoms with Gasteiger partial charge in [0.1, 0.15) is 0 Å². The molecule has 0 unspecified atom stereocenters. The van der Waals surface area contributed by atoms with Crippen LogP contribution in [0.15, 0.2) is 36.4 Å². The first-order valence-electron chi connectivity index (χ1n) is 10.1. The van der Waals surface area contributed by atoms with E-state index < -0.39 is 29.2 Å². The van der Waals surface area contributed by atoms with Crippen molar-refractivity contribution in [1.82, 2.24) is 4.90 Å². The first kappa shape index (κ1) is 21.5. The third-order valence-corrected chi connectivity index (χ3v) is 5.53. The number of hydrogen-bond acceptors (Lipinski definition) is 5. The fourth-order valence-corrected chi connectivity index (χ4v) is 3.84. The average Bonchev–Trinajstić information content (AvgIpc) is 2.78. The zero-order valence-corrected chi connectivity index (χ0v) is 17.4. The molecule has 1 aliphatic heterocycles. The molecule has 0 bridgehead atoms. The molecule has 1 heterocycles. The van der Waals surface area contributed by atoms with Gasteiger partial charge in [0.15, 0.2) is 23.2 Å². The molecule has 1 aliphatic carbocycles. The van der Waals surface area contributed by atoms with Crippen molar-refractivity contribution >= 4 is 35.0 Å². The van der Waals surface area contributed by atoms with Crippen molar-refractivity contribution < 1.29 is 27.9 Å². The number of piperazine rings is 1. The van der Waals surface area contributed by atoms with Crippen LogP contribution in [-0.4, -0.2) is 55.8 Å². The standard InChI is InChI=1S/C23H21F2N3O4/c1-32-21-19(24)12-17(13-20(21)25)27-6-8-28(9-7-27)23(31)22(30)26-16-4-2-15-11-18(29)5-3-14(15)10-16/h2-5,10,12-13H,6-9,11H2,1H3,(H,26,30). The third-order valence-electron chi connectivity index (χ3n) is 5.53. The molecule has 7 nitrogen and oxygen atoms in total. The second-order valence-electron chi connectivity index (χ2n) is 7.57. The summed E-state index contributed by atoms with van der Waals surface area (Å²) in [4.78, 5) is 39.6. The quantitative estimate of drug-likeness (QED) is 0.741. The molecule has 0 saturated carbocycles. The number of rotatable bonds is 3. The number of anilines is 2. The summed E-state index contributed by atoms with van der Waals surface area (Å²) in [5.41, 5.74) is 2.49. The van der Waals surface area contributed by atoms with E-state index in [-0.39, 0.29) is 18.9 Å². The number of allylic oxidation sites excluding steroid dienone is 1.